The molecule has 0 aromatic carbocycles. The van der Waals surface area contributed by atoms with Crippen LogP contribution in [0.1, 0.15) is 39.5 Å². The van der Waals surface area contributed by atoms with E-state index in [1.807, 2.05) is 0 Å². The van der Waals surface area contributed by atoms with Gasteiger partial charge in [0.05, 0.1) is 6.10 Å². The normalized spacial score (nSPS) is 16.0. The SMILES string of the molecule is COC(C)CCCC(C)CCO. The van der Waals surface area contributed by atoms with Crippen molar-refractivity contribution in [3.63, 3.8) is 0 Å². The number of ether oxygens (including phenoxy) is 1. The van der Waals surface area contributed by atoms with Gasteiger partial charge in [-0.15, -0.1) is 0 Å². The van der Waals surface area contributed by atoms with E-state index in [2.05, 4.69) is 13.8 Å². The van der Waals surface area contributed by atoms with E-state index < -0.39 is 0 Å². The van der Waals surface area contributed by atoms with E-state index in [-0.39, 0.29) is 0 Å². The molecule has 0 rings (SSSR count). The third-order valence-corrected chi connectivity index (χ3v) is 2.33. The van der Waals surface area contributed by atoms with Crippen molar-refractivity contribution in [1.82, 2.24) is 0 Å². The first-order valence-corrected chi connectivity index (χ1v) is 4.84. The van der Waals surface area contributed by atoms with Gasteiger partial charge in [-0.05, 0) is 25.7 Å². The molecule has 12 heavy (non-hydrogen) atoms. The summed E-state index contributed by atoms with van der Waals surface area (Å²) >= 11 is 0. The van der Waals surface area contributed by atoms with Gasteiger partial charge in [-0.25, -0.2) is 0 Å². The van der Waals surface area contributed by atoms with Crippen molar-refractivity contribution >= 4 is 0 Å². The lowest BCUT2D eigenvalue weighted by Crippen LogP contribution is -2.05. The van der Waals surface area contributed by atoms with Crippen molar-refractivity contribution in [2.24, 2.45) is 5.92 Å². The summed E-state index contributed by atoms with van der Waals surface area (Å²) in [6.07, 6.45) is 4.85. The van der Waals surface area contributed by atoms with Gasteiger partial charge in [0.1, 0.15) is 0 Å². The van der Waals surface area contributed by atoms with Crippen LogP contribution in [0.4, 0.5) is 0 Å². The van der Waals surface area contributed by atoms with Crippen LogP contribution >= 0.6 is 0 Å². The molecule has 0 fully saturated rings. The van der Waals surface area contributed by atoms with Gasteiger partial charge in [-0.3, -0.25) is 0 Å². The van der Waals surface area contributed by atoms with E-state index >= 15 is 0 Å². The molecule has 0 aliphatic rings. The zero-order chi connectivity index (χ0) is 9.40. The largest absolute Gasteiger partial charge is 0.396 e. The second-order valence-electron chi connectivity index (χ2n) is 3.59. The summed E-state index contributed by atoms with van der Waals surface area (Å²) in [5, 5.41) is 8.67. The molecule has 0 bridgehead atoms. The topological polar surface area (TPSA) is 29.5 Å². The van der Waals surface area contributed by atoms with Gasteiger partial charge in [0.15, 0.2) is 0 Å². The minimum Gasteiger partial charge on any atom is -0.396 e. The molecule has 2 atom stereocenters. The van der Waals surface area contributed by atoms with Crippen LogP contribution in [-0.2, 0) is 4.74 Å². The standard InChI is InChI=1S/C10H22O2/c1-9(7-8-11)5-4-6-10(2)12-3/h9-11H,4-8H2,1-3H3. The summed E-state index contributed by atoms with van der Waals surface area (Å²) in [6, 6.07) is 0. The number of hydrogen-bond donors (Lipinski definition) is 1. The highest BCUT2D eigenvalue weighted by Gasteiger charge is 2.03. The molecule has 0 amide bonds. The van der Waals surface area contributed by atoms with E-state index in [9.17, 15) is 0 Å². The smallest absolute Gasteiger partial charge is 0.0543 e. The van der Waals surface area contributed by atoms with Crippen molar-refractivity contribution in [3.05, 3.63) is 0 Å². The second-order valence-corrected chi connectivity index (χ2v) is 3.59. The lowest BCUT2D eigenvalue weighted by atomic mass is 10.00. The third-order valence-electron chi connectivity index (χ3n) is 2.33. The Morgan fingerprint density at radius 3 is 2.33 bits per heavy atom. The average Bonchev–Trinajstić information content (AvgIpc) is 2.04. The Labute approximate surface area is 75.9 Å². The summed E-state index contributed by atoms with van der Waals surface area (Å²) in [5.74, 6) is 0.652. The molecular weight excluding hydrogens is 152 g/mol. The quantitative estimate of drug-likeness (QED) is 0.641. The lowest BCUT2D eigenvalue weighted by Gasteiger charge is -2.12. The molecule has 1 N–H and O–H groups in total. The maximum Gasteiger partial charge on any atom is 0.0543 e. The molecular formula is C10H22O2. The van der Waals surface area contributed by atoms with Crippen molar-refractivity contribution in [2.45, 2.75) is 45.6 Å². The lowest BCUT2D eigenvalue weighted by molar-refractivity contribution is 0.107. The maximum absolute atomic E-state index is 8.67. The molecule has 2 heteroatoms. The molecule has 74 valence electrons. The fraction of sp³-hybridized carbons (Fsp3) is 1.00. The number of aliphatic hydroxyl groups is 1. The first kappa shape index (κ1) is 11.9. The van der Waals surface area contributed by atoms with E-state index in [4.69, 9.17) is 9.84 Å². The van der Waals surface area contributed by atoms with Crippen molar-refractivity contribution in [1.29, 1.82) is 0 Å². The van der Waals surface area contributed by atoms with Gasteiger partial charge in [-0.1, -0.05) is 19.8 Å². The highest BCUT2D eigenvalue weighted by Crippen LogP contribution is 2.13. The van der Waals surface area contributed by atoms with E-state index in [1.165, 1.54) is 12.8 Å². The zero-order valence-corrected chi connectivity index (χ0v) is 8.55. The number of hydrogen-bond acceptors (Lipinski definition) is 2. The molecule has 0 saturated heterocycles. The summed E-state index contributed by atoms with van der Waals surface area (Å²) < 4.78 is 5.14. The van der Waals surface area contributed by atoms with E-state index in [0.29, 0.717) is 18.6 Å². The van der Waals surface area contributed by atoms with Crippen LogP contribution in [0, 0.1) is 5.92 Å². The van der Waals surface area contributed by atoms with E-state index in [0.717, 1.165) is 12.8 Å². The monoisotopic (exact) mass is 174 g/mol. The van der Waals surface area contributed by atoms with Gasteiger partial charge in [0, 0.05) is 13.7 Å². The summed E-state index contributed by atoms with van der Waals surface area (Å²) in [7, 11) is 1.75. The second kappa shape index (κ2) is 7.56. The van der Waals surface area contributed by atoms with Crippen LogP contribution in [0.25, 0.3) is 0 Å². The molecule has 0 spiro atoms. The maximum atomic E-state index is 8.67. The Morgan fingerprint density at radius 1 is 1.17 bits per heavy atom. The molecule has 0 aliphatic carbocycles. The predicted molar refractivity (Wildman–Crippen MR) is 51.2 cm³/mol. The first-order chi connectivity index (χ1) is 5.70. The van der Waals surface area contributed by atoms with Crippen LogP contribution in [0.2, 0.25) is 0 Å². The Kier molecular flexibility index (Phi) is 7.51. The minimum atomic E-state index is 0.320. The third kappa shape index (κ3) is 6.62. The van der Waals surface area contributed by atoms with Gasteiger partial charge in [0.25, 0.3) is 0 Å². The zero-order valence-electron chi connectivity index (χ0n) is 8.55. The van der Waals surface area contributed by atoms with Crippen LogP contribution in [0.15, 0.2) is 0 Å². The Hall–Kier alpha value is -0.0800. The summed E-state index contributed by atoms with van der Waals surface area (Å²) in [6.45, 7) is 4.60. The molecule has 0 aromatic rings. The highest BCUT2D eigenvalue weighted by atomic mass is 16.5. The first-order valence-electron chi connectivity index (χ1n) is 4.84. The fourth-order valence-electron chi connectivity index (χ4n) is 1.24. The number of aliphatic hydroxyl groups excluding tert-OH is 1. The minimum absolute atomic E-state index is 0.320. The molecule has 0 heterocycles. The van der Waals surface area contributed by atoms with Crippen LogP contribution in [-0.4, -0.2) is 24.9 Å². The van der Waals surface area contributed by atoms with Crippen LogP contribution < -0.4 is 0 Å². The molecule has 0 saturated carbocycles. The number of rotatable bonds is 7. The average molecular weight is 174 g/mol. The van der Waals surface area contributed by atoms with Crippen LogP contribution in [0.5, 0.6) is 0 Å². The van der Waals surface area contributed by atoms with Gasteiger partial charge in [-0.2, -0.15) is 0 Å². The summed E-state index contributed by atoms with van der Waals surface area (Å²) in [4.78, 5) is 0. The van der Waals surface area contributed by atoms with Gasteiger partial charge < -0.3 is 9.84 Å². The molecule has 0 aliphatic heterocycles. The van der Waals surface area contributed by atoms with E-state index in [1.54, 1.807) is 7.11 Å². The molecule has 0 radical (unpaired) electrons. The van der Waals surface area contributed by atoms with Crippen molar-refractivity contribution in [3.8, 4) is 0 Å². The predicted octanol–water partition coefficient (Wildman–Crippen LogP) is 2.21. The molecule has 2 nitrogen and oxygen atoms in total. The van der Waals surface area contributed by atoms with Crippen molar-refractivity contribution < 1.29 is 9.84 Å². The van der Waals surface area contributed by atoms with Gasteiger partial charge >= 0.3 is 0 Å². The molecule has 0 aromatic heterocycles. The molecule has 2 unspecified atom stereocenters. The number of methoxy groups -OCH3 is 1. The fourth-order valence-corrected chi connectivity index (χ4v) is 1.24. The highest BCUT2D eigenvalue weighted by molar-refractivity contribution is 4.55. The van der Waals surface area contributed by atoms with Crippen LogP contribution in [0.3, 0.4) is 0 Å². The van der Waals surface area contributed by atoms with Crippen molar-refractivity contribution in [2.75, 3.05) is 13.7 Å². The Morgan fingerprint density at radius 2 is 1.83 bits per heavy atom. The summed E-state index contributed by atoms with van der Waals surface area (Å²) in [5.41, 5.74) is 0. The Bertz CT molecular complexity index is 93.8. The Balaban J connectivity index is 3.18. The van der Waals surface area contributed by atoms with Gasteiger partial charge in [0.2, 0.25) is 0 Å².